The second kappa shape index (κ2) is 8.26. The van der Waals surface area contributed by atoms with Gasteiger partial charge in [0.05, 0.1) is 15.9 Å². The zero-order valence-corrected chi connectivity index (χ0v) is 15.3. The Morgan fingerprint density at radius 2 is 1.56 bits per heavy atom. The van der Waals surface area contributed by atoms with E-state index in [0.717, 1.165) is 11.6 Å². The summed E-state index contributed by atoms with van der Waals surface area (Å²) >= 11 is 0. The molecule has 9 nitrogen and oxygen atoms in total. The smallest absolute Gasteiger partial charge is 0.299 e. The van der Waals surface area contributed by atoms with Gasteiger partial charge in [-0.2, -0.15) is 0 Å². The molecule has 9 heteroatoms. The fraction of sp³-hybridized carbons (Fsp3) is 0.278. The second-order valence-corrected chi connectivity index (χ2v) is 5.86. The molecule has 0 saturated heterocycles. The van der Waals surface area contributed by atoms with Crippen molar-refractivity contribution in [3.8, 4) is 0 Å². The number of aryl methyl sites for hydroxylation is 1. The van der Waals surface area contributed by atoms with E-state index in [-0.39, 0.29) is 17.1 Å². The van der Waals surface area contributed by atoms with E-state index in [2.05, 4.69) is 5.32 Å². The van der Waals surface area contributed by atoms with Crippen LogP contribution in [0.2, 0.25) is 0 Å². The molecule has 27 heavy (non-hydrogen) atoms. The van der Waals surface area contributed by atoms with Gasteiger partial charge < -0.3 is 10.2 Å². The van der Waals surface area contributed by atoms with Gasteiger partial charge in [0.15, 0.2) is 0 Å². The van der Waals surface area contributed by atoms with Crippen LogP contribution in [0.1, 0.15) is 29.8 Å². The number of nitrogens with one attached hydrogen (secondary N) is 1. The van der Waals surface area contributed by atoms with Gasteiger partial charge in [-0.15, -0.1) is 0 Å². The molecule has 0 bridgehead atoms. The van der Waals surface area contributed by atoms with Crippen LogP contribution in [0.15, 0.2) is 36.4 Å². The number of carbonyl (C=O) groups is 1. The summed E-state index contributed by atoms with van der Waals surface area (Å²) in [5, 5.41) is 25.3. The van der Waals surface area contributed by atoms with Gasteiger partial charge in [-0.1, -0.05) is 17.7 Å². The van der Waals surface area contributed by atoms with Crippen LogP contribution in [0, 0.1) is 27.2 Å². The predicted molar refractivity (Wildman–Crippen MR) is 102 cm³/mol. The van der Waals surface area contributed by atoms with Crippen LogP contribution in [-0.4, -0.2) is 28.8 Å². The average Bonchev–Trinajstić information content (AvgIpc) is 2.62. The first-order chi connectivity index (χ1) is 12.8. The van der Waals surface area contributed by atoms with Gasteiger partial charge in [0.1, 0.15) is 11.4 Å². The maximum atomic E-state index is 12.5. The summed E-state index contributed by atoms with van der Waals surface area (Å²) in [5.74, 6) is -0.530. The molecule has 2 rings (SSSR count). The molecular formula is C18H20N4O5. The molecule has 142 valence electrons. The number of nitrogens with zero attached hydrogens (tertiary/aromatic N) is 3. The van der Waals surface area contributed by atoms with Gasteiger partial charge in [0.25, 0.3) is 17.3 Å². The fourth-order valence-corrected chi connectivity index (χ4v) is 2.68. The zero-order valence-electron chi connectivity index (χ0n) is 15.3. The van der Waals surface area contributed by atoms with E-state index in [1.165, 1.54) is 6.07 Å². The monoisotopic (exact) mass is 372 g/mol. The first-order valence-electron chi connectivity index (χ1n) is 8.38. The lowest BCUT2D eigenvalue weighted by atomic mass is 10.1. The van der Waals surface area contributed by atoms with E-state index in [4.69, 9.17) is 0 Å². The van der Waals surface area contributed by atoms with Crippen molar-refractivity contribution in [3.63, 3.8) is 0 Å². The van der Waals surface area contributed by atoms with Crippen molar-refractivity contribution in [2.75, 3.05) is 23.3 Å². The standard InChI is InChI=1S/C18H20N4O5/c1-4-20(5-2)16-10-14(15(21(24)25)11-17(16)22(26)27)19-18(23)13-8-6-12(3)7-9-13/h6-11H,4-5H2,1-3H3,(H,19,23). The maximum absolute atomic E-state index is 12.5. The molecule has 2 aromatic carbocycles. The lowest BCUT2D eigenvalue weighted by Crippen LogP contribution is -2.23. The quantitative estimate of drug-likeness (QED) is 0.581. The molecule has 1 N–H and O–H groups in total. The molecule has 0 aromatic heterocycles. The molecule has 0 saturated carbocycles. The van der Waals surface area contributed by atoms with E-state index in [1.54, 1.807) is 29.2 Å². The Kier molecular flexibility index (Phi) is 6.07. The Morgan fingerprint density at radius 3 is 2.04 bits per heavy atom. The van der Waals surface area contributed by atoms with Crippen LogP contribution in [0.5, 0.6) is 0 Å². The van der Waals surface area contributed by atoms with Crippen LogP contribution in [0.25, 0.3) is 0 Å². The highest BCUT2D eigenvalue weighted by molar-refractivity contribution is 6.06. The number of nitro benzene ring substituents is 2. The van der Waals surface area contributed by atoms with E-state index < -0.39 is 21.4 Å². The van der Waals surface area contributed by atoms with Crippen molar-refractivity contribution < 1.29 is 14.6 Å². The largest absolute Gasteiger partial charge is 0.366 e. The van der Waals surface area contributed by atoms with Crippen LogP contribution >= 0.6 is 0 Å². The molecular weight excluding hydrogens is 352 g/mol. The maximum Gasteiger partial charge on any atom is 0.299 e. The number of rotatable bonds is 7. The Labute approximate surface area is 155 Å². The molecule has 0 aliphatic rings. The SMILES string of the molecule is CCN(CC)c1cc(NC(=O)c2ccc(C)cc2)c([N+](=O)[O-])cc1[N+](=O)[O-]. The summed E-state index contributed by atoms with van der Waals surface area (Å²) in [6.07, 6.45) is 0. The van der Waals surface area contributed by atoms with Gasteiger partial charge in [0.2, 0.25) is 0 Å². The lowest BCUT2D eigenvalue weighted by molar-refractivity contribution is -0.393. The zero-order chi connectivity index (χ0) is 20.1. The summed E-state index contributed by atoms with van der Waals surface area (Å²) in [6, 6.07) is 8.88. The van der Waals surface area contributed by atoms with E-state index in [0.29, 0.717) is 18.7 Å². The first-order valence-corrected chi connectivity index (χ1v) is 8.38. The van der Waals surface area contributed by atoms with Crippen LogP contribution in [0.3, 0.4) is 0 Å². The number of benzene rings is 2. The van der Waals surface area contributed by atoms with Crippen molar-refractivity contribution in [3.05, 3.63) is 67.8 Å². The molecule has 0 atom stereocenters. The first kappa shape index (κ1) is 19.8. The van der Waals surface area contributed by atoms with Gasteiger partial charge in [-0.25, -0.2) is 0 Å². The Hall–Kier alpha value is -3.49. The van der Waals surface area contributed by atoms with E-state index in [1.807, 2.05) is 20.8 Å². The van der Waals surface area contributed by atoms with Crippen LogP contribution in [0.4, 0.5) is 22.7 Å². The molecule has 1 amide bonds. The number of hydrogen-bond donors (Lipinski definition) is 1. The van der Waals surface area contributed by atoms with Gasteiger partial charge in [-0.05, 0) is 39.0 Å². The van der Waals surface area contributed by atoms with Crippen molar-refractivity contribution in [2.45, 2.75) is 20.8 Å². The normalized spacial score (nSPS) is 10.3. The highest BCUT2D eigenvalue weighted by Crippen LogP contribution is 2.38. The minimum atomic E-state index is -0.746. The number of anilines is 2. The minimum Gasteiger partial charge on any atom is -0.366 e. The van der Waals surface area contributed by atoms with Crippen molar-refractivity contribution in [1.82, 2.24) is 0 Å². The third kappa shape index (κ3) is 4.38. The minimum absolute atomic E-state index is 0.0851. The highest BCUT2D eigenvalue weighted by Gasteiger charge is 2.27. The average molecular weight is 372 g/mol. The number of carbonyl (C=O) groups excluding carboxylic acids is 1. The number of amides is 1. The van der Waals surface area contributed by atoms with E-state index >= 15 is 0 Å². The third-order valence-electron chi connectivity index (χ3n) is 4.15. The van der Waals surface area contributed by atoms with Crippen molar-refractivity contribution >= 4 is 28.7 Å². The highest BCUT2D eigenvalue weighted by atomic mass is 16.6. The van der Waals surface area contributed by atoms with Gasteiger partial charge >= 0.3 is 0 Å². The van der Waals surface area contributed by atoms with Crippen LogP contribution in [-0.2, 0) is 0 Å². The molecule has 2 aromatic rings. The Balaban J connectivity index is 2.54. The molecule has 0 unspecified atom stereocenters. The van der Waals surface area contributed by atoms with Crippen LogP contribution < -0.4 is 10.2 Å². The fourth-order valence-electron chi connectivity index (χ4n) is 2.68. The van der Waals surface area contributed by atoms with Crippen molar-refractivity contribution in [2.24, 2.45) is 0 Å². The lowest BCUT2D eigenvalue weighted by Gasteiger charge is -2.21. The summed E-state index contributed by atoms with van der Waals surface area (Å²) in [6.45, 7) is 6.46. The molecule has 0 aliphatic carbocycles. The predicted octanol–water partition coefficient (Wildman–Crippen LogP) is 3.91. The molecule has 0 radical (unpaired) electrons. The summed E-state index contributed by atoms with van der Waals surface area (Å²) in [5.41, 5.74) is 0.527. The molecule has 0 spiro atoms. The summed E-state index contributed by atoms with van der Waals surface area (Å²) < 4.78 is 0. The topological polar surface area (TPSA) is 119 Å². The van der Waals surface area contributed by atoms with Gasteiger partial charge in [-0.3, -0.25) is 25.0 Å². The Bertz CT molecular complexity index is 876. The number of hydrogen-bond acceptors (Lipinski definition) is 6. The molecule has 0 heterocycles. The van der Waals surface area contributed by atoms with E-state index in [9.17, 15) is 25.0 Å². The molecule has 0 aliphatic heterocycles. The van der Waals surface area contributed by atoms with Gasteiger partial charge in [0, 0.05) is 18.7 Å². The third-order valence-corrected chi connectivity index (χ3v) is 4.15. The van der Waals surface area contributed by atoms with Crippen molar-refractivity contribution in [1.29, 1.82) is 0 Å². The second-order valence-electron chi connectivity index (χ2n) is 5.86. The summed E-state index contributed by atoms with van der Waals surface area (Å²) in [7, 11) is 0. The Morgan fingerprint density at radius 1 is 1.00 bits per heavy atom. The number of nitro groups is 2. The summed E-state index contributed by atoms with van der Waals surface area (Å²) in [4.78, 5) is 35.5. The molecule has 0 fully saturated rings.